The molecule has 3 aromatic heterocycles. The van der Waals surface area contributed by atoms with E-state index < -0.39 is 0 Å². The molecule has 0 bridgehead atoms. The summed E-state index contributed by atoms with van der Waals surface area (Å²) in [5.41, 5.74) is 3.91. The van der Waals surface area contributed by atoms with Gasteiger partial charge in [-0.1, -0.05) is 35.9 Å². The summed E-state index contributed by atoms with van der Waals surface area (Å²) < 4.78 is 1.53. The van der Waals surface area contributed by atoms with Crippen molar-refractivity contribution in [3.05, 3.63) is 82.0 Å². The highest BCUT2D eigenvalue weighted by molar-refractivity contribution is 7.17. The molecule has 0 spiro atoms. The first kappa shape index (κ1) is 20.9. The third-order valence-electron chi connectivity index (χ3n) is 5.63. The van der Waals surface area contributed by atoms with Crippen molar-refractivity contribution in [3.63, 3.8) is 0 Å². The fourth-order valence-electron chi connectivity index (χ4n) is 3.53. The largest absolute Gasteiger partial charge is 0.339 e. The summed E-state index contributed by atoms with van der Waals surface area (Å²) in [5.74, 6) is -0.0348. The summed E-state index contributed by atoms with van der Waals surface area (Å²) in [6.07, 6.45) is 5.24. The number of aryl methyl sites for hydroxylation is 2. The molecule has 0 radical (unpaired) electrons. The molecule has 1 unspecified atom stereocenters. The van der Waals surface area contributed by atoms with Gasteiger partial charge in [0.15, 0.2) is 0 Å². The third kappa shape index (κ3) is 4.27. The minimum atomic E-state index is -0.113. The van der Waals surface area contributed by atoms with Gasteiger partial charge >= 0.3 is 0 Å². The van der Waals surface area contributed by atoms with Gasteiger partial charge in [-0.3, -0.25) is 19.1 Å². The molecule has 1 atom stereocenters. The van der Waals surface area contributed by atoms with Crippen molar-refractivity contribution in [2.45, 2.75) is 32.9 Å². The SMILES string of the molecule is Cc1ccc(-c2csc3ncn(CCC(=O)N(C)C(C)c4cccnc4)c(=O)c23)cc1. The summed E-state index contributed by atoms with van der Waals surface area (Å²) >= 11 is 1.46. The lowest BCUT2D eigenvalue weighted by Gasteiger charge is -2.25. The topological polar surface area (TPSA) is 68.1 Å². The number of benzene rings is 1. The first-order chi connectivity index (χ1) is 15.0. The van der Waals surface area contributed by atoms with E-state index in [1.165, 1.54) is 27.8 Å². The molecule has 1 aromatic carbocycles. The van der Waals surface area contributed by atoms with Crippen LogP contribution >= 0.6 is 11.3 Å². The molecule has 31 heavy (non-hydrogen) atoms. The van der Waals surface area contributed by atoms with Crippen LogP contribution in [0.1, 0.15) is 30.5 Å². The standard InChI is InChI=1S/C24H24N4O2S/c1-16-6-8-18(9-7-16)20-14-31-23-22(20)24(30)28(15-26-23)12-10-21(29)27(3)17(2)19-5-4-11-25-13-19/h4-9,11,13-15,17H,10,12H2,1-3H3. The van der Waals surface area contributed by atoms with Gasteiger partial charge in [-0.05, 0) is 31.0 Å². The molecule has 158 valence electrons. The zero-order valence-corrected chi connectivity index (χ0v) is 18.6. The van der Waals surface area contributed by atoms with Crippen molar-refractivity contribution in [1.82, 2.24) is 19.4 Å². The van der Waals surface area contributed by atoms with Crippen molar-refractivity contribution in [2.75, 3.05) is 7.05 Å². The van der Waals surface area contributed by atoms with Gasteiger partial charge < -0.3 is 4.90 Å². The third-order valence-corrected chi connectivity index (χ3v) is 6.52. The Kier molecular flexibility index (Phi) is 5.95. The lowest BCUT2D eigenvalue weighted by molar-refractivity contribution is -0.132. The average molecular weight is 433 g/mol. The van der Waals surface area contributed by atoms with Crippen molar-refractivity contribution in [3.8, 4) is 11.1 Å². The second-order valence-electron chi connectivity index (χ2n) is 7.66. The zero-order chi connectivity index (χ0) is 22.0. The van der Waals surface area contributed by atoms with Crippen molar-refractivity contribution >= 4 is 27.5 Å². The molecule has 3 heterocycles. The van der Waals surface area contributed by atoms with E-state index >= 15 is 0 Å². The van der Waals surface area contributed by atoms with Crippen molar-refractivity contribution in [2.24, 2.45) is 0 Å². The first-order valence-electron chi connectivity index (χ1n) is 10.1. The molecule has 0 saturated carbocycles. The van der Waals surface area contributed by atoms with Gasteiger partial charge in [0.1, 0.15) is 4.83 Å². The Labute approximate surface area is 184 Å². The monoisotopic (exact) mass is 432 g/mol. The van der Waals surface area contributed by atoms with E-state index in [0.29, 0.717) is 10.2 Å². The summed E-state index contributed by atoms with van der Waals surface area (Å²) in [7, 11) is 1.78. The van der Waals surface area contributed by atoms with Crippen LogP contribution < -0.4 is 5.56 Å². The van der Waals surface area contributed by atoms with E-state index in [4.69, 9.17) is 0 Å². The Morgan fingerprint density at radius 2 is 2.00 bits per heavy atom. The summed E-state index contributed by atoms with van der Waals surface area (Å²) in [5, 5.41) is 2.59. The lowest BCUT2D eigenvalue weighted by atomic mass is 10.1. The number of pyridine rings is 1. The predicted octanol–water partition coefficient (Wildman–Crippen LogP) is 4.44. The van der Waals surface area contributed by atoms with Gasteiger partial charge in [0.25, 0.3) is 5.56 Å². The molecule has 6 nitrogen and oxygen atoms in total. The van der Waals surface area contributed by atoms with E-state index in [2.05, 4.69) is 9.97 Å². The minimum absolute atomic E-state index is 0.0348. The molecule has 1 amide bonds. The number of thiophene rings is 1. The highest BCUT2D eigenvalue weighted by Gasteiger charge is 2.18. The highest BCUT2D eigenvalue weighted by Crippen LogP contribution is 2.30. The van der Waals surface area contributed by atoms with Crippen molar-refractivity contribution in [1.29, 1.82) is 0 Å². The van der Waals surface area contributed by atoms with Crippen LogP contribution in [-0.4, -0.2) is 32.4 Å². The smallest absolute Gasteiger partial charge is 0.262 e. The zero-order valence-electron chi connectivity index (χ0n) is 17.8. The minimum Gasteiger partial charge on any atom is -0.339 e. The number of amides is 1. The molecule has 0 aliphatic heterocycles. The molecule has 0 aliphatic rings. The van der Waals surface area contributed by atoms with Crippen LogP contribution in [-0.2, 0) is 11.3 Å². The number of carbonyl (C=O) groups is 1. The van der Waals surface area contributed by atoms with E-state index in [1.54, 1.807) is 24.3 Å². The molecule has 4 aromatic rings. The molecule has 0 aliphatic carbocycles. The molecular weight excluding hydrogens is 408 g/mol. The number of nitrogens with zero attached hydrogens (tertiary/aromatic N) is 4. The first-order valence-corrected chi connectivity index (χ1v) is 11.0. The number of hydrogen-bond acceptors (Lipinski definition) is 5. The van der Waals surface area contributed by atoms with Gasteiger partial charge in [-0.2, -0.15) is 0 Å². The van der Waals surface area contributed by atoms with Crippen LogP contribution in [0.15, 0.2) is 65.3 Å². The molecule has 0 fully saturated rings. The number of rotatable bonds is 6. The normalized spacial score (nSPS) is 12.1. The maximum absolute atomic E-state index is 13.2. The van der Waals surface area contributed by atoms with Gasteiger partial charge in [0, 0.05) is 43.4 Å². The highest BCUT2D eigenvalue weighted by atomic mass is 32.1. The van der Waals surface area contributed by atoms with E-state index in [-0.39, 0.29) is 30.5 Å². The summed E-state index contributed by atoms with van der Waals surface area (Å²) in [6.45, 7) is 4.29. The van der Waals surface area contributed by atoms with Crippen LogP contribution in [0, 0.1) is 6.92 Å². The molecular formula is C24H24N4O2S. The Bertz CT molecular complexity index is 1260. The number of aromatic nitrogens is 3. The maximum atomic E-state index is 13.2. The van der Waals surface area contributed by atoms with Crippen LogP contribution in [0.3, 0.4) is 0 Å². The lowest BCUT2D eigenvalue weighted by Crippen LogP contribution is -2.31. The second kappa shape index (κ2) is 8.81. The Hall–Kier alpha value is -3.32. The fraction of sp³-hybridized carbons (Fsp3) is 0.250. The van der Waals surface area contributed by atoms with E-state index in [0.717, 1.165) is 16.7 Å². The molecule has 0 saturated heterocycles. The fourth-order valence-corrected chi connectivity index (χ4v) is 4.43. The summed E-state index contributed by atoms with van der Waals surface area (Å²) in [4.78, 5) is 36.9. The van der Waals surface area contributed by atoms with Gasteiger partial charge in [-0.15, -0.1) is 11.3 Å². The maximum Gasteiger partial charge on any atom is 0.262 e. The Morgan fingerprint density at radius 3 is 2.71 bits per heavy atom. The Balaban J connectivity index is 1.54. The number of hydrogen-bond donors (Lipinski definition) is 0. The van der Waals surface area contributed by atoms with Gasteiger partial charge in [0.05, 0.1) is 17.8 Å². The van der Waals surface area contributed by atoms with Gasteiger partial charge in [0.2, 0.25) is 5.91 Å². The average Bonchev–Trinajstić information content (AvgIpc) is 3.23. The van der Waals surface area contributed by atoms with E-state index in [1.807, 2.05) is 55.6 Å². The summed E-state index contributed by atoms with van der Waals surface area (Å²) in [6, 6.07) is 11.8. The van der Waals surface area contributed by atoms with Crippen LogP contribution in [0.4, 0.5) is 0 Å². The molecule has 4 rings (SSSR count). The van der Waals surface area contributed by atoms with Crippen LogP contribution in [0.25, 0.3) is 21.3 Å². The number of fused-ring (bicyclic) bond motifs is 1. The Morgan fingerprint density at radius 1 is 1.23 bits per heavy atom. The molecule has 7 heteroatoms. The second-order valence-corrected chi connectivity index (χ2v) is 8.51. The van der Waals surface area contributed by atoms with E-state index in [9.17, 15) is 9.59 Å². The number of carbonyl (C=O) groups excluding carboxylic acids is 1. The van der Waals surface area contributed by atoms with Gasteiger partial charge in [-0.25, -0.2) is 4.98 Å². The molecule has 0 N–H and O–H groups in total. The quantitative estimate of drug-likeness (QED) is 0.452. The van der Waals surface area contributed by atoms with Crippen LogP contribution in [0.2, 0.25) is 0 Å². The predicted molar refractivity (Wildman–Crippen MR) is 124 cm³/mol. The van der Waals surface area contributed by atoms with Crippen molar-refractivity contribution < 1.29 is 4.79 Å². The van der Waals surface area contributed by atoms with Crippen LogP contribution in [0.5, 0.6) is 0 Å².